The fourth-order valence-corrected chi connectivity index (χ4v) is 1.79. The first-order valence-corrected chi connectivity index (χ1v) is 5.72. The van der Waals surface area contributed by atoms with Gasteiger partial charge in [0.15, 0.2) is 0 Å². The van der Waals surface area contributed by atoms with E-state index in [1.54, 1.807) is 6.20 Å². The lowest BCUT2D eigenvalue weighted by Crippen LogP contribution is -2.30. The molecular formula is C14H17N3. The summed E-state index contributed by atoms with van der Waals surface area (Å²) in [4.78, 5) is 4.32. The first-order valence-electron chi connectivity index (χ1n) is 5.72. The summed E-state index contributed by atoms with van der Waals surface area (Å²) in [7, 11) is 0. The summed E-state index contributed by atoms with van der Waals surface area (Å²) in [5, 5.41) is 0. The van der Waals surface area contributed by atoms with Gasteiger partial charge in [0.2, 0.25) is 0 Å². The number of aromatic nitrogens is 1. The number of nitrogens with two attached hydrogens (primary N) is 1. The number of nitrogens with one attached hydrogen (secondary N) is 1. The monoisotopic (exact) mass is 227 g/mol. The van der Waals surface area contributed by atoms with Gasteiger partial charge in [-0.05, 0) is 31.0 Å². The van der Waals surface area contributed by atoms with Crippen LogP contribution in [-0.4, -0.2) is 4.98 Å². The van der Waals surface area contributed by atoms with Crippen molar-refractivity contribution in [1.82, 2.24) is 10.4 Å². The second-order valence-corrected chi connectivity index (χ2v) is 4.16. The number of nitrogens with zero attached hydrogens (tertiary/aromatic N) is 1. The van der Waals surface area contributed by atoms with Crippen molar-refractivity contribution in [3.63, 3.8) is 0 Å². The van der Waals surface area contributed by atoms with Crippen LogP contribution in [0, 0.1) is 6.92 Å². The van der Waals surface area contributed by atoms with Gasteiger partial charge in [-0.3, -0.25) is 16.3 Å². The minimum atomic E-state index is 0.0545. The highest BCUT2D eigenvalue weighted by Crippen LogP contribution is 2.15. The predicted molar refractivity (Wildman–Crippen MR) is 69.2 cm³/mol. The third kappa shape index (κ3) is 3.12. The van der Waals surface area contributed by atoms with Crippen molar-refractivity contribution in [3.05, 3.63) is 65.5 Å². The highest BCUT2D eigenvalue weighted by Gasteiger charge is 2.10. The normalized spacial score (nSPS) is 12.4. The lowest BCUT2D eigenvalue weighted by atomic mass is 10.0. The van der Waals surface area contributed by atoms with Crippen LogP contribution in [0.2, 0.25) is 0 Å². The largest absolute Gasteiger partial charge is 0.271 e. The van der Waals surface area contributed by atoms with Gasteiger partial charge in [0, 0.05) is 6.20 Å². The molecule has 1 unspecified atom stereocenters. The quantitative estimate of drug-likeness (QED) is 0.621. The molecule has 1 aromatic heterocycles. The fraction of sp³-hybridized carbons (Fsp3) is 0.214. The Bertz CT molecular complexity index is 451. The average molecular weight is 227 g/mol. The minimum absolute atomic E-state index is 0.0545. The summed E-state index contributed by atoms with van der Waals surface area (Å²) in [6.45, 7) is 2.08. The maximum Gasteiger partial charge on any atom is 0.0672 e. The van der Waals surface area contributed by atoms with Crippen molar-refractivity contribution in [2.45, 2.75) is 19.4 Å². The second kappa shape index (κ2) is 5.57. The Morgan fingerprint density at radius 1 is 1.18 bits per heavy atom. The zero-order valence-electron chi connectivity index (χ0n) is 9.93. The van der Waals surface area contributed by atoms with Gasteiger partial charge in [0.1, 0.15) is 0 Å². The molecule has 0 saturated carbocycles. The molecule has 0 aliphatic heterocycles. The molecule has 3 nitrogen and oxygen atoms in total. The second-order valence-electron chi connectivity index (χ2n) is 4.16. The number of benzene rings is 1. The van der Waals surface area contributed by atoms with Crippen LogP contribution in [0.15, 0.2) is 48.7 Å². The van der Waals surface area contributed by atoms with Crippen molar-refractivity contribution in [2.75, 3.05) is 0 Å². The van der Waals surface area contributed by atoms with E-state index in [2.05, 4.69) is 41.6 Å². The number of hydrogen-bond acceptors (Lipinski definition) is 3. The van der Waals surface area contributed by atoms with E-state index in [0.717, 1.165) is 12.1 Å². The molecule has 2 rings (SSSR count). The number of aryl methyl sites for hydroxylation is 1. The first-order chi connectivity index (χ1) is 8.29. The first kappa shape index (κ1) is 11.8. The van der Waals surface area contributed by atoms with E-state index >= 15 is 0 Å². The van der Waals surface area contributed by atoms with Crippen LogP contribution in [0.4, 0.5) is 0 Å². The Kier molecular flexibility index (Phi) is 3.85. The molecule has 0 saturated heterocycles. The molecule has 0 aliphatic rings. The van der Waals surface area contributed by atoms with Crippen molar-refractivity contribution >= 4 is 0 Å². The smallest absolute Gasteiger partial charge is 0.0672 e. The third-order valence-electron chi connectivity index (χ3n) is 2.81. The molecule has 3 heteroatoms. The Morgan fingerprint density at radius 2 is 1.94 bits per heavy atom. The SMILES string of the molecule is Cc1ccc(CC(NN)c2ccccn2)cc1. The van der Waals surface area contributed by atoms with Crippen molar-refractivity contribution in [2.24, 2.45) is 5.84 Å². The summed E-state index contributed by atoms with van der Waals surface area (Å²) in [5.41, 5.74) is 6.31. The topological polar surface area (TPSA) is 50.9 Å². The maximum absolute atomic E-state index is 5.59. The molecule has 3 N–H and O–H groups in total. The van der Waals surface area contributed by atoms with Crippen molar-refractivity contribution < 1.29 is 0 Å². The van der Waals surface area contributed by atoms with Gasteiger partial charge in [-0.2, -0.15) is 0 Å². The molecule has 0 aliphatic carbocycles. The van der Waals surface area contributed by atoms with E-state index in [0.29, 0.717) is 0 Å². The highest BCUT2D eigenvalue weighted by molar-refractivity contribution is 5.23. The molecule has 0 fully saturated rings. The molecule has 88 valence electrons. The summed E-state index contributed by atoms with van der Waals surface area (Å²) >= 11 is 0. The van der Waals surface area contributed by atoms with E-state index in [1.807, 2.05) is 18.2 Å². The van der Waals surface area contributed by atoms with Gasteiger partial charge in [0.25, 0.3) is 0 Å². The number of pyridine rings is 1. The van der Waals surface area contributed by atoms with E-state index in [4.69, 9.17) is 5.84 Å². The molecular weight excluding hydrogens is 210 g/mol. The van der Waals surface area contributed by atoms with Crippen molar-refractivity contribution in [3.8, 4) is 0 Å². The van der Waals surface area contributed by atoms with Crippen LogP contribution >= 0.6 is 0 Å². The van der Waals surface area contributed by atoms with Gasteiger partial charge in [-0.1, -0.05) is 35.9 Å². The molecule has 1 aromatic carbocycles. The lowest BCUT2D eigenvalue weighted by molar-refractivity contribution is 0.538. The maximum atomic E-state index is 5.59. The molecule has 2 aromatic rings. The average Bonchev–Trinajstić information content (AvgIpc) is 2.39. The number of rotatable bonds is 4. The van der Waals surface area contributed by atoms with Crippen LogP contribution in [-0.2, 0) is 6.42 Å². The summed E-state index contributed by atoms with van der Waals surface area (Å²) in [6, 6.07) is 14.4. The Hall–Kier alpha value is -1.71. The molecule has 17 heavy (non-hydrogen) atoms. The van der Waals surface area contributed by atoms with E-state index in [9.17, 15) is 0 Å². The zero-order valence-corrected chi connectivity index (χ0v) is 9.93. The Morgan fingerprint density at radius 3 is 2.53 bits per heavy atom. The standard InChI is InChI=1S/C14H17N3/c1-11-5-7-12(8-6-11)10-14(17-15)13-4-2-3-9-16-13/h2-9,14,17H,10,15H2,1H3. The van der Waals surface area contributed by atoms with E-state index < -0.39 is 0 Å². The summed E-state index contributed by atoms with van der Waals surface area (Å²) in [5.74, 6) is 5.59. The minimum Gasteiger partial charge on any atom is -0.271 e. The third-order valence-corrected chi connectivity index (χ3v) is 2.81. The van der Waals surface area contributed by atoms with Crippen molar-refractivity contribution in [1.29, 1.82) is 0 Å². The molecule has 1 heterocycles. The zero-order chi connectivity index (χ0) is 12.1. The number of hydrazine groups is 1. The van der Waals surface area contributed by atoms with E-state index in [1.165, 1.54) is 11.1 Å². The van der Waals surface area contributed by atoms with Crippen LogP contribution in [0.3, 0.4) is 0 Å². The van der Waals surface area contributed by atoms with Crippen LogP contribution < -0.4 is 11.3 Å². The number of hydrogen-bond donors (Lipinski definition) is 2. The molecule has 0 amide bonds. The summed E-state index contributed by atoms with van der Waals surface area (Å²) < 4.78 is 0. The van der Waals surface area contributed by atoms with Crippen LogP contribution in [0.25, 0.3) is 0 Å². The fourth-order valence-electron chi connectivity index (χ4n) is 1.79. The Balaban J connectivity index is 2.13. The van der Waals surface area contributed by atoms with Gasteiger partial charge in [0.05, 0.1) is 11.7 Å². The molecule has 1 atom stereocenters. The van der Waals surface area contributed by atoms with Gasteiger partial charge >= 0.3 is 0 Å². The summed E-state index contributed by atoms with van der Waals surface area (Å²) in [6.07, 6.45) is 2.63. The molecule has 0 spiro atoms. The van der Waals surface area contributed by atoms with Crippen LogP contribution in [0.1, 0.15) is 22.9 Å². The molecule has 0 radical (unpaired) electrons. The predicted octanol–water partition coefficient (Wildman–Crippen LogP) is 2.14. The van der Waals surface area contributed by atoms with E-state index in [-0.39, 0.29) is 6.04 Å². The highest BCUT2D eigenvalue weighted by atomic mass is 15.2. The van der Waals surface area contributed by atoms with Gasteiger partial charge in [-0.25, -0.2) is 0 Å². The van der Waals surface area contributed by atoms with Gasteiger partial charge < -0.3 is 0 Å². The molecule has 0 bridgehead atoms. The van der Waals surface area contributed by atoms with Crippen LogP contribution in [0.5, 0.6) is 0 Å². The Labute approximate surface area is 102 Å². The lowest BCUT2D eigenvalue weighted by Gasteiger charge is -2.15. The van der Waals surface area contributed by atoms with Gasteiger partial charge in [-0.15, -0.1) is 0 Å².